The Morgan fingerprint density at radius 3 is 1.71 bits per heavy atom. The molecular weight excluding hydrogens is 315 g/mol. The van der Waals surface area contributed by atoms with E-state index in [1.165, 1.54) is 24.5 Å². The number of anilines is 2. The first-order valence-corrected chi connectivity index (χ1v) is 6.61. The fourth-order valence-corrected chi connectivity index (χ4v) is 1.86. The van der Waals surface area contributed by atoms with Crippen LogP contribution in [0, 0.1) is 0 Å². The van der Waals surface area contributed by atoms with Gasteiger partial charge in [-0.05, 0) is 24.3 Å². The summed E-state index contributed by atoms with van der Waals surface area (Å²) in [6.45, 7) is 0. The SMILES string of the molecule is O=C(CC(=O)Nc1ccnc(Cl)c1)Nc1ccnc(Cl)c1. The minimum Gasteiger partial charge on any atom is -0.325 e. The smallest absolute Gasteiger partial charge is 0.233 e. The summed E-state index contributed by atoms with van der Waals surface area (Å²) in [5.41, 5.74) is 0.944. The molecule has 0 bridgehead atoms. The molecule has 8 heteroatoms. The molecule has 0 aliphatic heterocycles. The summed E-state index contributed by atoms with van der Waals surface area (Å²) >= 11 is 11.4. The standard InChI is InChI=1S/C13H10Cl2N4O2/c14-10-5-8(1-3-16-10)18-12(20)7-13(21)19-9-2-4-17-11(15)6-9/h1-6H,7H2,(H,16,18,20)(H,17,19,21). The number of halogens is 2. The molecule has 0 spiro atoms. The first-order chi connectivity index (χ1) is 10.0. The van der Waals surface area contributed by atoms with Crippen molar-refractivity contribution in [3.63, 3.8) is 0 Å². The average molecular weight is 325 g/mol. The second-order valence-corrected chi connectivity index (χ2v) is 4.78. The highest BCUT2D eigenvalue weighted by Gasteiger charge is 2.10. The van der Waals surface area contributed by atoms with Crippen LogP contribution in [-0.2, 0) is 9.59 Å². The zero-order chi connectivity index (χ0) is 15.2. The number of hydrogen-bond donors (Lipinski definition) is 2. The Bertz CT molecular complexity index is 621. The fourth-order valence-electron chi connectivity index (χ4n) is 1.52. The number of nitrogens with one attached hydrogen (secondary N) is 2. The molecule has 0 fully saturated rings. The van der Waals surface area contributed by atoms with Crippen molar-refractivity contribution in [3.8, 4) is 0 Å². The molecule has 0 aliphatic carbocycles. The van der Waals surface area contributed by atoms with Gasteiger partial charge in [0.2, 0.25) is 11.8 Å². The number of hydrogen-bond acceptors (Lipinski definition) is 4. The number of aromatic nitrogens is 2. The van der Waals surface area contributed by atoms with Gasteiger partial charge < -0.3 is 10.6 Å². The molecule has 0 saturated heterocycles. The number of carbonyl (C=O) groups excluding carboxylic acids is 2. The summed E-state index contributed by atoms with van der Waals surface area (Å²) in [5, 5.41) is 5.60. The third kappa shape index (κ3) is 5.02. The minimum absolute atomic E-state index is 0.253. The first-order valence-electron chi connectivity index (χ1n) is 5.86. The Morgan fingerprint density at radius 1 is 0.905 bits per heavy atom. The van der Waals surface area contributed by atoms with Crippen LogP contribution in [0.4, 0.5) is 11.4 Å². The third-order valence-corrected chi connectivity index (χ3v) is 2.76. The van der Waals surface area contributed by atoms with Gasteiger partial charge in [-0.15, -0.1) is 0 Å². The van der Waals surface area contributed by atoms with E-state index in [0.29, 0.717) is 11.4 Å². The molecule has 2 aromatic heterocycles. The molecule has 2 N–H and O–H groups in total. The van der Waals surface area contributed by atoms with Gasteiger partial charge in [-0.1, -0.05) is 23.2 Å². The summed E-state index contributed by atoms with van der Waals surface area (Å²) in [5.74, 6) is -0.926. The molecule has 2 aromatic rings. The largest absolute Gasteiger partial charge is 0.325 e. The molecule has 108 valence electrons. The van der Waals surface area contributed by atoms with Gasteiger partial charge in [0.25, 0.3) is 0 Å². The molecule has 0 aliphatic rings. The van der Waals surface area contributed by atoms with Crippen molar-refractivity contribution in [2.24, 2.45) is 0 Å². The molecule has 21 heavy (non-hydrogen) atoms. The molecule has 0 saturated carbocycles. The van der Waals surface area contributed by atoms with E-state index < -0.39 is 11.8 Å². The van der Waals surface area contributed by atoms with E-state index in [0.717, 1.165) is 0 Å². The van der Waals surface area contributed by atoms with Crippen molar-refractivity contribution in [3.05, 3.63) is 47.0 Å². The summed E-state index contributed by atoms with van der Waals surface area (Å²) < 4.78 is 0. The van der Waals surface area contributed by atoms with Gasteiger partial charge in [-0.25, -0.2) is 9.97 Å². The predicted molar refractivity (Wildman–Crippen MR) is 80.4 cm³/mol. The van der Waals surface area contributed by atoms with Crippen LogP contribution in [0.2, 0.25) is 10.3 Å². The second kappa shape index (κ2) is 7.01. The molecule has 0 atom stereocenters. The maximum absolute atomic E-state index is 11.7. The van der Waals surface area contributed by atoms with Crippen LogP contribution in [0.25, 0.3) is 0 Å². The van der Waals surface area contributed by atoms with Crippen molar-refractivity contribution < 1.29 is 9.59 Å². The molecule has 2 amide bonds. The van der Waals surface area contributed by atoms with Crippen molar-refractivity contribution in [1.29, 1.82) is 0 Å². The number of rotatable bonds is 4. The van der Waals surface area contributed by atoms with Crippen LogP contribution in [-0.4, -0.2) is 21.8 Å². The van der Waals surface area contributed by atoms with Gasteiger partial charge in [0.05, 0.1) is 0 Å². The topological polar surface area (TPSA) is 84.0 Å². The summed E-state index contributed by atoms with van der Waals surface area (Å²) in [4.78, 5) is 31.0. The summed E-state index contributed by atoms with van der Waals surface area (Å²) in [7, 11) is 0. The lowest BCUT2D eigenvalue weighted by molar-refractivity contribution is -0.123. The van der Waals surface area contributed by atoms with E-state index >= 15 is 0 Å². The molecular formula is C13H10Cl2N4O2. The Morgan fingerprint density at radius 2 is 1.33 bits per heavy atom. The third-order valence-electron chi connectivity index (χ3n) is 2.34. The zero-order valence-electron chi connectivity index (χ0n) is 10.6. The van der Waals surface area contributed by atoms with Gasteiger partial charge >= 0.3 is 0 Å². The van der Waals surface area contributed by atoms with Crippen LogP contribution in [0.3, 0.4) is 0 Å². The van der Waals surface area contributed by atoms with Crippen LogP contribution < -0.4 is 10.6 Å². The van der Waals surface area contributed by atoms with Crippen LogP contribution >= 0.6 is 23.2 Å². The van der Waals surface area contributed by atoms with Crippen molar-refractivity contribution >= 4 is 46.4 Å². The van der Waals surface area contributed by atoms with Gasteiger partial charge in [-0.2, -0.15) is 0 Å². The lowest BCUT2D eigenvalue weighted by atomic mass is 10.3. The Hall–Kier alpha value is -2.18. The quantitative estimate of drug-likeness (QED) is 0.669. The van der Waals surface area contributed by atoms with Gasteiger partial charge in [-0.3, -0.25) is 9.59 Å². The van der Waals surface area contributed by atoms with Crippen molar-refractivity contribution in [2.75, 3.05) is 10.6 Å². The molecule has 0 radical (unpaired) electrons. The summed E-state index contributed by atoms with van der Waals surface area (Å²) in [6, 6.07) is 6.12. The van der Waals surface area contributed by atoms with Crippen LogP contribution in [0.5, 0.6) is 0 Å². The van der Waals surface area contributed by atoms with Crippen LogP contribution in [0.15, 0.2) is 36.7 Å². The van der Waals surface area contributed by atoms with Gasteiger partial charge in [0.15, 0.2) is 0 Å². The fraction of sp³-hybridized carbons (Fsp3) is 0.0769. The minimum atomic E-state index is -0.463. The van der Waals surface area contributed by atoms with E-state index in [4.69, 9.17) is 23.2 Å². The normalized spacial score (nSPS) is 10.0. The molecule has 0 aromatic carbocycles. The van der Waals surface area contributed by atoms with Crippen molar-refractivity contribution in [1.82, 2.24) is 9.97 Å². The molecule has 2 heterocycles. The molecule has 6 nitrogen and oxygen atoms in total. The van der Waals surface area contributed by atoms with E-state index in [2.05, 4.69) is 20.6 Å². The van der Waals surface area contributed by atoms with E-state index in [1.807, 2.05) is 0 Å². The number of carbonyl (C=O) groups is 2. The monoisotopic (exact) mass is 324 g/mol. The Balaban J connectivity index is 1.89. The lowest BCUT2D eigenvalue weighted by Gasteiger charge is -2.06. The van der Waals surface area contributed by atoms with E-state index in [-0.39, 0.29) is 16.7 Å². The lowest BCUT2D eigenvalue weighted by Crippen LogP contribution is -2.21. The highest BCUT2D eigenvalue weighted by molar-refractivity contribution is 6.30. The average Bonchev–Trinajstić information content (AvgIpc) is 2.38. The Kier molecular flexibility index (Phi) is 5.08. The highest BCUT2D eigenvalue weighted by atomic mass is 35.5. The maximum Gasteiger partial charge on any atom is 0.233 e. The number of nitrogens with zero attached hydrogens (tertiary/aromatic N) is 2. The Labute approximate surface area is 130 Å². The zero-order valence-corrected chi connectivity index (χ0v) is 12.1. The maximum atomic E-state index is 11.7. The van der Waals surface area contributed by atoms with Gasteiger partial charge in [0.1, 0.15) is 16.7 Å². The second-order valence-electron chi connectivity index (χ2n) is 4.01. The van der Waals surface area contributed by atoms with E-state index in [1.54, 1.807) is 12.1 Å². The predicted octanol–water partition coefficient (Wildman–Crippen LogP) is 2.75. The number of pyridine rings is 2. The van der Waals surface area contributed by atoms with Crippen LogP contribution in [0.1, 0.15) is 6.42 Å². The van der Waals surface area contributed by atoms with Gasteiger partial charge in [0, 0.05) is 23.8 Å². The van der Waals surface area contributed by atoms with Crippen molar-refractivity contribution in [2.45, 2.75) is 6.42 Å². The first kappa shape index (κ1) is 15.2. The summed E-state index contributed by atoms with van der Waals surface area (Å²) in [6.07, 6.45) is 2.58. The highest BCUT2D eigenvalue weighted by Crippen LogP contribution is 2.13. The molecule has 2 rings (SSSR count). The number of amides is 2. The van der Waals surface area contributed by atoms with E-state index in [9.17, 15) is 9.59 Å². The molecule has 0 unspecified atom stereocenters.